The van der Waals surface area contributed by atoms with E-state index in [2.05, 4.69) is 15.3 Å². The first-order chi connectivity index (χ1) is 3.77. The van der Waals surface area contributed by atoms with Gasteiger partial charge < -0.3 is 4.84 Å². The maximum Gasteiger partial charge on any atom is 0.238 e. The second-order valence-electron chi connectivity index (χ2n) is 1.03. The van der Waals surface area contributed by atoms with Crippen LogP contribution < -0.4 is 5.43 Å². The van der Waals surface area contributed by atoms with Crippen LogP contribution in [0.3, 0.4) is 0 Å². The highest BCUT2D eigenvalue weighted by Gasteiger charge is 1.81. The van der Waals surface area contributed by atoms with Crippen molar-refractivity contribution in [3.63, 3.8) is 0 Å². The quantitative estimate of drug-likeness (QED) is 0.410. The van der Waals surface area contributed by atoms with E-state index in [0.29, 0.717) is 0 Å². The SMILES string of the molecule is CON=NNC(C)=O. The molecule has 0 aliphatic rings. The van der Waals surface area contributed by atoms with Gasteiger partial charge in [-0.05, 0) is 5.22 Å². The summed E-state index contributed by atoms with van der Waals surface area (Å²) >= 11 is 0. The monoisotopic (exact) mass is 117 g/mol. The van der Waals surface area contributed by atoms with E-state index >= 15 is 0 Å². The number of hydrogen-bond donors (Lipinski definition) is 1. The van der Waals surface area contributed by atoms with Crippen molar-refractivity contribution in [3.8, 4) is 0 Å². The largest absolute Gasteiger partial charge is 0.382 e. The summed E-state index contributed by atoms with van der Waals surface area (Å²) in [5.41, 5.74) is 2.04. The van der Waals surface area contributed by atoms with Gasteiger partial charge in [-0.1, -0.05) is 0 Å². The van der Waals surface area contributed by atoms with Crippen molar-refractivity contribution in [3.05, 3.63) is 0 Å². The molecule has 0 heterocycles. The van der Waals surface area contributed by atoms with Gasteiger partial charge in [0, 0.05) is 12.2 Å². The summed E-state index contributed by atoms with van der Waals surface area (Å²) in [4.78, 5) is 14.1. The van der Waals surface area contributed by atoms with E-state index in [4.69, 9.17) is 0 Å². The molecule has 1 amide bonds. The van der Waals surface area contributed by atoms with Crippen molar-refractivity contribution >= 4 is 5.91 Å². The molecule has 0 saturated carbocycles. The molecule has 46 valence electrons. The second kappa shape index (κ2) is 4.04. The Morgan fingerprint density at radius 1 is 1.75 bits per heavy atom. The zero-order chi connectivity index (χ0) is 6.41. The number of carbonyl (C=O) groups is 1. The van der Waals surface area contributed by atoms with Crippen LogP contribution in [0.25, 0.3) is 0 Å². The third-order valence-corrected chi connectivity index (χ3v) is 0.330. The van der Waals surface area contributed by atoms with Crippen molar-refractivity contribution < 1.29 is 9.63 Å². The van der Waals surface area contributed by atoms with Crippen LogP contribution in [0.15, 0.2) is 10.5 Å². The van der Waals surface area contributed by atoms with Crippen LogP contribution >= 0.6 is 0 Å². The average molecular weight is 117 g/mol. The predicted octanol–water partition coefficient (Wildman–Crippen LogP) is 0.0511. The molecule has 8 heavy (non-hydrogen) atoms. The van der Waals surface area contributed by atoms with Crippen LogP contribution in [0.4, 0.5) is 0 Å². The molecule has 0 atom stereocenters. The maximum absolute atomic E-state index is 10.00. The molecule has 0 rings (SSSR count). The molecule has 0 fully saturated rings. The van der Waals surface area contributed by atoms with E-state index in [9.17, 15) is 4.79 Å². The van der Waals surface area contributed by atoms with Gasteiger partial charge in [-0.2, -0.15) is 0 Å². The van der Waals surface area contributed by atoms with Crippen molar-refractivity contribution in [2.45, 2.75) is 6.92 Å². The van der Waals surface area contributed by atoms with E-state index in [1.165, 1.54) is 14.0 Å². The minimum Gasteiger partial charge on any atom is -0.382 e. The molecule has 5 heteroatoms. The molecule has 0 unspecified atom stereocenters. The first kappa shape index (κ1) is 6.87. The Balaban J connectivity index is 3.16. The minimum absolute atomic E-state index is 0.272. The zero-order valence-electron chi connectivity index (χ0n) is 4.71. The highest BCUT2D eigenvalue weighted by molar-refractivity contribution is 5.72. The number of nitrogens with zero attached hydrogens (tertiary/aromatic N) is 2. The van der Waals surface area contributed by atoms with Crippen LogP contribution in [0, 0.1) is 0 Å². The molecule has 0 aromatic rings. The Labute approximate surface area is 46.7 Å². The van der Waals surface area contributed by atoms with Crippen LogP contribution in [0.5, 0.6) is 0 Å². The van der Waals surface area contributed by atoms with Gasteiger partial charge in [0.2, 0.25) is 5.91 Å². The number of nitrogens with one attached hydrogen (secondary N) is 1. The average Bonchev–Trinajstić information content (AvgIpc) is 1.66. The van der Waals surface area contributed by atoms with Crippen LogP contribution in [-0.4, -0.2) is 13.0 Å². The van der Waals surface area contributed by atoms with Crippen molar-refractivity contribution in [2.75, 3.05) is 7.11 Å². The Kier molecular flexibility index (Phi) is 3.47. The van der Waals surface area contributed by atoms with Crippen LogP contribution in [-0.2, 0) is 9.63 Å². The molecule has 0 bridgehead atoms. The number of carbonyl (C=O) groups excluding carboxylic acids is 1. The van der Waals surface area contributed by atoms with E-state index in [-0.39, 0.29) is 5.91 Å². The summed E-state index contributed by atoms with van der Waals surface area (Å²) < 4.78 is 0. The number of rotatable bonds is 2. The highest BCUT2D eigenvalue weighted by atomic mass is 16.6. The summed E-state index contributed by atoms with van der Waals surface area (Å²) in [5, 5.41) is 6.10. The fraction of sp³-hybridized carbons (Fsp3) is 0.667. The fourth-order valence-electron chi connectivity index (χ4n) is 0.132. The fourth-order valence-corrected chi connectivity index (χ4v) is 0.132. The van der Waals surface area contributed by atoms with Gasteiger partial charge in [0.05, 0.1) is 0 Å². The van der Waals surface area contributed by atoms with Crippen LogP contribution in [0.2, 0.25) is 0 Å². The third kappa shape index (κ3) is 4.87. The molecule has 0 spiro atoms. The molecule has 0 saturated heterocycles. The molecule has 0 aliphatic heterocycles. The molecule has 0 radical (unpaired) electrons. The standard InChI is InChI=1S/C3H7N3O2/c1-3(7)4-5-6-8-2/h1-2H3,(H,4,6,7). The van der Waals surface area contributed by atoms with E-state index in [1.54, 1.807) is 0 Å². The normalized spacial score (nSPS) is 9.25. The first-order valence-corrected chi connectivity index (χ1v) is 1.97. The van der Waals surface area contributed by atoms with E-state index in [1.807, 2.05) is 5.43 Å². The van der Waals surface area contributed by atoms with Crippen LogP contribution in [0.1, 0.15) is 6.92 Å². The maximum atomic E-state index is 10.00. The Morgan fingerprint density at radius 3 is 2.75 bits per heavy atom. The Morgan fingerprint density at radius 2 is 2.38 bits per heavy atom. The lowest BCUT2D eigenvalue weighted by atomic mass is 10.8. The van der Waals surface area contributed by atoms with Gasteiger partial charge >= 0.3 is 0 Å². The molecule has 1 N–H and O–H groups in total. The topological polar surface area (TPSA) is 63.1 Å². The summed E-state index contributed by atoms with van der Waals surface area (Å²) in [6.07, 6.45) is 0. The Bertz CT molecular complexity index is 101. The van der Waals surface area contributed by atoms with Gasteiger partial charge in [-0.15, -0.1) is 0 Å². The summed E-state index contributed by atoms with van der Waals surface area (Å²) in [6.45, 7) is 1.33. The number of hydrogen-bond acceptors (Lipinski definition) is 4. The third-order valence-electron chi connectivity index (χ3n) is 0.330. The lowest BCUT2D eigenvalue weighted by molar-refractivity contribution is -0.119. The molecule has 0 aliphatic carbocycles. The smallest absolute Gasteiger partial charge is 0.238 e. The molecule has 0 aromatic carbocycles. The van der Waals surface area contributed by atoms with Gasteiger partial charge in [-0.25, -0.2) is 5.43 Å². The van der Waals surface area contributed by atoms with Crippen molar-refractivity contribution in [2.24, 2.45) is 10.5 Å². The predicted molar refractivity (Wildman–Crippen MR) is 25.7 cm³/mol. The minimum atomic E-state index is -0.272. The number of amides is 1. The first-order valence-electron chi connectivity index (χ1n) is 1.97. The molecule has 0 aromatic heterocycles. The summed E-state index contributed by atoms with van der Waals surface area (Å²) in [5.74, 6) is -0.272. The molecular weight excluding hydrogens is 110 g/mol. The van der Waals surface area contributed by atoms with E-state index < -0.39 is 0 Å². The molecule has 5 nitrogen and oxygen atoms in total. The molecular formula is C3H7N3O2. The lowest BCUT2D eigenvalue weighted by Crippen LogP contribution is -2.10. The zero-order valence-corrected chi connectivity index (χ0v) is 4.71. The highest BCUT2D eigenvalue weighted by Crippen LogP contribution is 1.67. The van der Waals surface area contributed by atoms with Gasteiger partial charge in [0.1, 0.15) is 7.11 Å². The van der Waals surface area contributed by atoms with Gasteiger partial charge in [-0.3, -0.25) is 4.79 Å². The van der Waals surface area contributed by atoms with Gasteiger partial charge in [0.25, 0.3) is 0 Å². The second-order valence-corrected chi connectivity index (χ2v) is 1.03. The van der Waals surface area contributed by atoms with Crippen molar-refractivity contribution in [1.82, 2.24) is 5.43 Å². The summed E-state index contributed by atoms with van der Waals surface area (Å²) in [7, 11) is 1.34. The lowest BCUT2D eigenvalue weighted by Gasteiger charge is -1.85. The van der Waals surface area contributed by atoms with E-state index in [0.717, 1.165) is 0 Å². The van der Waals surface area contributed by atoms with Gasteiger partial charge in [0.15, 0.2) is 0 Å². The van der Waals surface area contributed by atoms with Crippen molar-refractivity contribution in [1.29, 1.82) is 0 Å². The Hall–Kier alpha value is -1.13. The summed E-state index contributed by atoms with van der Waals surface area (Å²) in [6, 6.07) is 0.